The fourth-order valence-electron chi connectivity index (χ4n) is 3.29. The van der Waals surface area contributed by atoms with Gasteiger partial charge in [-0.2, -0.15) is 0 Å². The van der Waals surface area contributed by atoms with Crippen LogP contribution in [0.3, 0.4) is 0 Å². The number of amides is 1. The molecule has 0 aromatic heterocycles. The molecule has 0 aromatic carbocycles. The molecule has 0 unspecified atom stereocenters. The third kappa shape index (κ3) is 6.32. The van der Waals surface area contributed by atoms with Crippen LogP contribution in [0.15, 0.2) is 0 Å². The Kier molecular flexibility index (Phi) is 7.47. The second-order valence-electron chi connectivity index (χ2n) is 6.39. The van der Waals surface area contributed by atoms with E-state index in [9.17, 15) is 4.79 Å². The zero-order chi connectivity index (χ0) is 14.9. The SMILES string of the molecule is NCCCOC1CCN(CC(=O)NC2CCCCC2)CC1. The van der Waals surface area contributed by atoms with Gasteiger partial charge in [-0.25, -0.2) is 0 Å². The third-order valence-electron chi connectivity index (χ3n) is 4.57. The highest BCUT2D eigenvalue weighted by molar-refractivity contribution is 5.78. The van der Waals surface area contributed by atoms with Gasteiger partial charge in [0.15, 0.2) is 0 Å². The van der Waals surface area contributed by atoms with Crippen molar-refractivity contribution in [1.29, 1.82) is 0 Å². The molecule has 1 amide bonds. The zero-order valence-electron chi connectivity index (χ0n) is 13.2. The van der Waals surface area contributed by atoms with Crippen LogP contribution in [0.1, 0.15) is 51.4 Å². The summed E-state index contributed by atoms with van der Waals surface area (Å²) < 4.78 is 5.79. The minimum absolute atomic E-state index is 0.199. The first kappa shape index (κ1) is 16.7. The number of piperidine rings is 1. The molecular formula is C16H31N3O2. The molecule has 122 valence electrons. The molecule has 5 nitrogen and oxygen atoms in total. The van der Waals surface area contributed by atoms with Gasteiger partial charge < -0.3 is 15.8 Å². The Morgan fingerprint density at radius 1 is 1.14 bits per heavy atom. The van der Waals surface area contributed by atoms with Gasteiger partial charge in [-0.1, -0.05) is 19.3 Å². The van der Waals surface area contributed by atoms with E-state index in [4.69, 9.17) is 10.5 Å². The monoisotopic (exact) mass is 297 g/mol. The molecule has 21 heavy (non-hydrogen) atoms. The summed E-state index contributed by atoms with van der Waals surface area (Å²) in [6, 6.07) is 0.420. The molecule has 0 spiro atoms. The number of carbonyl (C=O) groups excluding carboxylic acids is 1. The van der Waals surface area contributed by atoms with Crippen molar-refractivity contribution >= 4 is 5.91 Å². The summed E-state index contributed by atoms with van der Waals surface area (Å²) in [5.41, 5.74) is 5.47. The van der Waals surface area contributed by atoms with Gasteiger partial charge in [-0.3, -0.25) is 9.69 Å². The van der Waals surface area contributed by atoms with Crippen molar-refractivity contribution in [3.63, 3.8) is 0 Å². The molecule has 0 radical (unpaired) electrons. The minimum Gasteiger partial charge on any atom is -0.378 e. The van der Waals surface area contributed by atoms with Gasteiger partial charge in [0.25, 0.3) is 0 Å². The van der Waals surface area contributed by atoms with Crippen LogP contribution in [0.5, 0.6) is 0 Å². The van der Waals surface area contributed by atoms with Gasteiger partial charge in [-0.15, -0.1) is 0 Å². The van der Waals surface area contributed by atoms with Crippen LogP contribution in [0, 0.1) is 0 Å². The first-order valence-corrected chi connectivity index (χ1v) is 8.61. The van der Waals surface area contributed by atoms with Crippen molar-refractivity contribution in [2.75, 3.05) is 32.8 Å². The molecule has 2 aliphatic rings. The number of carbonyl (C=O) groups is 1. The summed E-state index contributed by atoms with van der Waals surface area (Å²) in [6.07, 6.45) is 9.50. The van der Waals surface area contributed by atoms with Crippen molar-refractivity contribution in [2.24, 2.45) is 5.73 Å². The molecule has 1 aliphatic carbocycles. The average Bonchev–Trinajstić information content (AvgIpc) is 2.50. The van der Waals surface area contributed by atoms with E-state index in [-0.39, 0.29) is 5.91 Å². The molecule has 5 heteroatoms. The molecule has 0 atom stereocenters. The van der Waals surface area contributed by atoms with Crippen LogP contribution in [0.25, 0.3) is 0 Å². The lowest BCUT2D eigenvalue weighted by atomic mass is 9.95. The maximum absolute atomic E-state index is 12.1. The highest BCUT2D eigenvalue weighted by Gasteiger charge is 2.22. The Balaban J connectivity index is 1.58. The zero-order valence-corrected chi connectivity index (χ0v) is 13.2. The number of ether oxygens (including phenoxy) is 1. The molecule has 2 rings (SSSR count). The van der Waals surface area contributed by atoms with Crippen molar-refractivity contribution in [2.45, 2.75) is 63.5 Å². The predicted octanol–water partition coefficient (Wildman–Crippen LogP) is 1.27. The van der Waals surface area contributed by atoms with Crippen molar-refractivity contribution < 1.29 is 9.53 Å². The molecule has 0 aromatic rings. The highest BCUT2D eigenvalue weighted by Crippen LogP contribution is 2.17. The van der Waals surface area contributed by atoms with Gasteiger partial charge in [0.05, 0.1) is 12.6 Å². The smallest absolute Gasteiger partial charge is 0.234 e. The van der Waals surface area contributed by atoms with Crippen molar-refractivity contribution in [1.82, 2.24) is 10.2 Å². The molecule has 1 saturated carbocycles. The predicted molar refractivity (Wildman–Crippen MR) is 84.1 cm³/mol. The maximum Gasteiger partial charge on any atom is 0.234 e. The van der Waals surface area contributed by atoms with E-state index in [2.05, 4.69) is 10.2 Å². The number of nitrogens with zero attached hydrogens (tertiary/aromatic N) is 1. The second kappa shape index (κ2) is 9.38. The summed E-state index contributed by atoms with van der Waals surface area (Å²) in [4.78, 5) is 14.3. The number of hydrogen-bond acceptors (Lipinski definition) is 4. The van der Waals surface area contributed by atoms with Gasteiger partial charge in [0, 0.05) is 25.7 Å². The maximum atomic E-state index is 12.1. The Morgan fingerprint density at radius 3 is 2.52 bits per heavy atom. The second-order valence-corrected chi connectivity index (χ2v) is 6.39. The van der Waals surface area contributed by atoms with Gasteiger partial charge in [0.1, 0.15) is 0 Å². The fraction of sp³-hybridized carbons (Fsp3) is 0.938. The number of nitrogens with two attached hydrogens (primary N) is 1. The topological polar surface area (TPSA) is 67.6 Å². The lowest BCUT2D eigenvalue weighted by Gasteiger charge is -2.32. The summed E-state index contributed by atoms with van der Waals surface area (Å²) in [6.45, 7) is 3.94. The molecule has 0 bridgehead atoms. The molecule has 1 aliphatic heterocycles. The van der Waals surface area contributed by atoms with Crippen molar-refractivity contribution in [3.05, 3.63) is 0 Å². The average molecular weight is 297 g/mol. The van der Waals surface area contributed by atoms with Crippen molar-refractivity contribution in [3.8, 4) is 0 Å². The summed E-state index contributed by atoms with van der Waals surface area (Å²) in [5, 5.41) is 3.19. The molecule has 3 N–H and O–H groups in total. The van der Waals surface area contributed by atoms with E-state index in [1.807, 2.05) is 0 Å². The highest BCUT2D eigenvalue weighted by atomic mass is 16.5. The van der Waals surface area contributed by atoms with Crippen LogP contribution in [-0.2, 0) is 9.53 Å². The summed E-state index contributed by atoms with van der Waals surface area (Å²) in [5.74, 6) is 0.199. The number of rotatable bonds is 7. The van der Waals surface area contributed by atoms with Gasteiger partial charge in [0.2, 0.25) is 5.91 Å². The van der Waals surface area contributed by atoms with Gasteiger partial charge >= 0.3 is 0 Å². The Labute approximate surface area is 128 Å². The minimum atomic E-state index is 0.199. The van der Waals surface area contributed by atoms with Crippen LogP contribution in [0.2, 0.25) is 0 Å². The van der Waals surface area contributed by atoms with E-state index in [0.29, 0.717) is 25.2 Å². The van der Waals surface area contributed by atoms with Gasteiger partial charge in [-0.05, 0) is 38.6 Å². The number of nitrogens with one attached hydrogen (secondary N) is 1. The van der Waals surface area contributed by atoms with Crippen LogP contribution in [-0.4, -0.2) is 55.7 Å². The van der Waals surface area contributed by atoms with E-state index in [0.717, 1.165) is 51.8 Å². The Hall–Kier alpha value is -0.650. The third-order valence-corrected chi connectivity index (χ3v) is 4.57. The first-order chi connectivity index (χ1) is 10.3. The van der Waals surface area contributed by atoms with E-state index in [1.54, 1.807) is 0 Å². The van der Waals surface area contributed by atoms with E-state index >= 15 is 0 Å². The van der Waals surface area contributed by atoms with Crippen LogP contribution in [0.4, 0.5) is 0 Å². The fourth-order valence-corrected chi connectivity index (χ4v) is 3.29. The molecule has 1 saturated heterocycles. The molecular weight excluding hydrogens is 266 g/mol. The lowest BCUT2D eigenvalue weighted by Crippen LogP contribution is -2.46. The first-order valence-electron chi connectivity index (χ1n) is 8.61. The number of hydrogen-bond donors (Lipinski definition) is 2. The van der Waals surface area contributed by atoms with E-state index < -0.39 is 0 Å². The largest absolute Gasteiger partial charge is 0.378 e. The molecule has 1 heterocycles. The quantitative estimate of drug-likeness (QED) is 0.694. The summed E-state index contributed by atoms with van der Waals surface area (Å²) in [7, 11) is 0. The normalized spacial score (nSPS) is 22.3. The standard InChI is InChI=1S/C16H31N3O2/c17-9-4-12-21-15-7-10-19(11-8-15)13-16(20)18-14-5-2-1-3-6-14/h14-15H,1-13,17H2,(H,18,20). The Bertz CT molecular complexity index is 298. The summed E-state index contributed by atoms with van der Waals surface area (Å²) >= 11 is 0. The molecule has 2 fully saturated rings. The lowest BCUT2D eigenvalue weighted by molar-refractivity contribution is -0.123. The van der Waals surface area contributed by atoms with Crippen LogP contribution >= 0.6 is 0 Å². The van der Waals surface area contributed by atoms with Crippen LogP contribution < -0.4 is 11.1 Å². The van der Waals surface area contributed by atoms with E-state index in [1.165, 1.54) is 19.3 Å². The number of likely N-dealkylation sites (tertiary alicyclic amines) is 1. The Morgan fingerprint density at radius 2 is 1.86 bits per heavy atom.